The molecule has 1 amide bonds. The Morgan fingerprint density at radius 1 is 1.25 bits per heavy atom. The molecule has 28 heavy (non-hydrogen) atoms. The van der Waals surface area contributed by atoms with Crippen molar-refractivity contribution in [2.75, 3.05) is 17.7 Å². The number of nitrogens with zero attached hydrogens (tertiary/aromatic N) is 3. The number of aromatic hydroxyl groups is 1. The summed E-state index contributed by atoms with van der Waals surface area (Å²) in [4.78, 5) is 12.2. The average molecular weight is 419 g/mol. The SMILES string of the molecule is CCOc1ccc(NC(=O)CSc2nnc(-c3cc(Cl)ccc3O)n2C)cc1. The molecule has 0 aliphatic carbocycles. The lowest BCUT2D eigenvalue weighted by molar-refractivity contribution is -0.113. The van der Waals surface area contributed by atoms with Gasteiger partial charge in [0.1, 0.15) is 11.5 Å². The average Bonchev–Trinajstić information content (AvgIpc) is 3.04. The van der Waals surface area contributed by atoms with Gasteiger partial charge in [-0.2, -0.15) is 0 Å². The van der Waals surface area contributed by atoms with Crippen LogP contribution in [0.3, 0.4) is 0 Å². The molecule has 0 atom stereocenters. The third kappa shape index (κ3) is 4.76. The van der Waals surface area contributed by atoms with Gasteiger partial charge >= 0.3 is 0 Å². The highest BCUT2D eigenvalue weighted by atomic mass is 35.5. The summed E-state index contributed by atoms with van der Waals surface area (Å²) in [7, 11) is 1.77. The van der Waals surface area contributed by atoms with Crippen LogP contribution in [0.4, 0.5) is 5.69 Å². The number of amides is 1. The quantitative estimate of drug-likeness (QED) is 0.564. The van der Waals surface area contributed by atoms with Gasteiger partial charge in [0.05, 0.1) is 17.9 Å². The molecule has 0 fully saturated rings. The molecule has 0 aliphatic heterocycles. The zero-order valence-electron chi connectivity index (χ0n) is 15.3. The van der Waals surface area contributed by atoms with Crippen LogP contribution in [0.1, 0.15) is 6.92 Å². The number of rotatable bonds is 7. The summed E-state index contributed by atoms with van der Waals surface area (Å²) >= 11 is 7.25. The van der Waals surface area contributed by atoms with Crippen LogP contribution in [0.2, 0.25) is 5.02 Å². The van der Waals surface area contributed by atoms with Crippen LogP contribution < -0.4 is 10.1 Å². The first kappa shape index (κ1) is 20.0. The number of carbonyl (C=O) groups is 1. The number of carbonyl (C=O) groups excluding carboxylic acids is 1. The van der Waals surface area contributed by atoms with Gasteiger partial charge in [-0.05, 0) is 49.4 Å². The van der Waals surface area contributed by atoms with Crippen LogP contribution in [0.15, 0.2) is 47.6 Å². The summed E-state index contributed by atoms with van der Waals surface area (Å²) < 4.78 is 7.09. The Hall–Kier alpha value is -2.71. The molecule has 0 saturated heterocycles. The van der Waals surface area contributed by atoms with Crippen LogP contribution in [0, 0.1) is 0 Å². The van der Waals surface area contributed by atoms with E-state index >= 15 is 0 Å². The van der Waals surface area contributed by atoms with Crippen molar-refractivity contribution in [3.8, 4) is 22.9 Å². The van der Waals surface area contributed by atoms with Crippen molar-refractivity contribution >= 4 is 35.0 Å². The van der Waals surface area contributed by atoms with E-state index in [0.717, 1.165) is 5.75 Å². The standard InChI is InChI=1S/C19H19ClN4O3S/c1-3-27-14-7-5-13(6-8-14)21-17(26)11-28-19-23-22-18(24(19)2)15-10-12(20)4-9-16(15)25/h4-10,25H,3,11H2,1-2H3,(H,21,26). The highest BCUT2D eigenvalue weighted by Crippen LogP contribution is 2.31. The Morgan fingerprint density at radius 3 is 2.71 bits per heavy atom. The molecule has 1 aromatic heterocycles. The second-order valence-electron chi connectivity index (χ2n) is 5.82. The van der Waals surface area contributed by atoms with E-state index in [2.05, 4.69) is 15.5 Å². The van der Waals surface area contributed by atoms with Crippen LogP contribution >= 0.6 is 23.4 Å². The lowest BCUT2D eigenvalue weighted by Crippen LogP contribution is -2.14. The smallest absolute Gasteiger partial charge is 0.234 e. The minimum Gasteiger partial charge on any atom is -0.507 e. The monoisotopic (exact) mass is 418 g/mol. The van der Waals surface area contributed by atoms with E-state index in [9.17, 15) is 9.90 Å². The molecule has 0 spiro atoms. The van der Waals surface area contributed by atoms with E-state index in [4.69, 9.17) is 16.3 Å². The maximum Gasteiger partial charge on any atom is 0.234 e. The highest BCUT2D eigenvalue weighted by molar-refractivity contribution is 7.99. The van der Waals surface area contributed by atoms with Crippen molar-refractivity contribution in [3.63, 3.8) is 0 Å². The summed E-state index contributed by atoms with van der Waals surface area (Å²) in [6, 6.07) is 11.9. The highest BCUT2D eigenvalue weighted by Gasteiger charge is 2.16. The van der Waals surface area contributed by atoms with E-state index in [-0.39, 0.29) is 17.4 Å². The fourth-order valence-corrected chi connectivity index (χ4v) is 3.37. The molecule has 0 unspecified atom stereocenters. The van der Waals surface area contributed by atoms with Gasteiger partial charge in [0, 0.05) is 17.8 Å². The molecule has 0 radical (unpaired) electrons. The van der Waals surface area contributed by atoms with Crippen molar-refractivity contribution in [1.82, 2.24) is 14.8 Å². The van der Waals surface area contributed by atoms with Crippen molar-refractivity contribution in [1.29, 1.82) is 0 Å². The van der Waals surface area contributed by atoms with Crippen molar-refractivity contribution in [3.05, 3.63) is 47.5 Å². The van der Waals surface area contributed by atoms with E-state index in [1.807, 2.05) is 6.92 Å². The molecular formula is C19H19ClN4O3S. The van der Waals surface area contributed by atoms with Crippen molar-refractivity contribution < 1.29 is 14.6 Å². The lowest BCUT2D eigenvalue weighted by Gasteiger charge is -2.08. The number of benzene rings is 2. The second kappa shape index (κ2) is 8.99. The molecule has 146 valence electrons. The van der Waals surface area contributed by atoms with Crippen LogP contribution in [-0.4, -0.2) is 38.1 Å². The first-order valence-electron chi connectivity index (χ1n) is 8.51. The number of phenolic OH excluding ortho intramolecular Hbond substituents is 1. The molecular weight excluding hydrogens is 400 g/mol. The molecule has 2 N–H and O–H groups in total. The van der Waals surface area contributed by atoms with Gasteiger partial charge in [0.15, 0.2) is 11.0 Å². The molecule has 2 aromatic carbocycles. The number of nitrogens with one attached hydrogen (secondary N) is 1. The summed E-state index contributed by atoms with van der Waals surface area (Å²) in [6.07, 6.45) is 0. The van der Waals surface area contributed by atoms with E-state index in [1.165, 1.54) is 17.8 Å². The predicted molar refractivity (Wildman–Crippen MR) is 110 cm³/mol. The molecule has 0 saturated carbocycles. The van der Waals surface area contributed by atoms with Gasteiger partial charge < -0.3 is 19.7 Å². The number of hydrogen-bond acceptors (Lipinski definition) is 6. The minimum absolute atomic E-state index is 0.0599. The largest absolute Gasteiger partial charge is 0.507 e. The summed E-state index contributed by atoms with van der Waals surface area (Å²) in [5, 5.41) is 22.1. The number of anilines is 1. The zero-order valence-corrected chi connectivity index (χ0v) is 16.9. The van der Waals surface area contributed by atoms with Crippen molar-refractivity contribution in [2.45, 2.75) is 12.1 Å². The third-order valence-corrected chi connectivity index (χ3v) is 5.07. The van der Waals surface area contributed by atoms with Crippen LogP contribution in [-0.2, 0) is 11.8 Å². The Labute approximate surface area is 171 Å². The van der Waals surface area contributed by atoms with Gasteiger partial charge in [0.2, 0.25) is 5.91 Å². The Balaban J connectivity index is 1.62. The first-order valence-corrected chi connectivity index (χ1v) is 9.88. The fourth-order valence-electron chi connectivity index (χ4n) is 2.49. The van der Waals surface area contributed by atoms with E-state index in [1.54, 1.807) is 48.0 Å². The van der Waals surface area contributed by atoms with Gasteiger partial charge in [-0.1, -0.05) is 23.4 Å². The van der Waals surface area contributed by atoms with E-state index in [0.29, 0.717) is 33.9 Å². The van der Waals surface area contributed by atoms with Gasteiger partial charge in [-0.25, -0.2) is 0 Å². The third-order valence-electron chi connectivity index (χ3n) is 3.82. The number of phenols is 1. The Bertz CT molecular complexity index is 976. The number of aromatic nitrogens is 3. The first-order chi connectivity index (χ1) is 13.5. The van der Waals surface area contributed by atoms with Crippen LogP contribution in [0.25, 0.3) is 11.4 Å². The van der Waals surface area contributed by atoms with Crippen LogP contribution in [0.5, 0.6) is 11.5 Å². The summed E-state index contributed by atoms with van der Waals surface area (Å²) in [5.74, 6) is 1.29. The van der Waals surface area contributed by atoms with Gasteiger partial charge in [0.25, 0.3) is 0 Å². The molecule has 0 bridgehead atoms. The number of ether oxygens (including phenoxy) is 1. The number of thioether (sulfide) groups is 1. The molecule has 3 aromatic rings. The lowest BCUT2D eigenvalue weighted by atomic mass is 10.2. The van der Waals surface area contributed by atoms with Gasteiger partial charge in [-0.15, -0.1) is 10.2 Å². The Kier molecular flexibility index (Phi) is 6.43. The summed E-state index contributed by atoms with van der Waals surface area (Å²) in [5.41, 5.74) is 1.17. The topological polar surface area (TPSA) is 89.3 Å². The zero-order chi connectivity index (χ0) is 20.1. The Morgan fingerprint density at radius 2 is 2.00 bits per heavy atom. The molecule has 7 nitrogen and oxygen atoms in total. The van der Waals surface area contributed by atoms with Gasteiger partial charge in [-0.3, -0.25) is 4.79 Å². The molecule has 1 heterocycles. The predicted octanol–water partition coefficient (Wildman–Crippen LogP) is 3.97. The number of halogens is 1. The fraction of sp³-hybridized carbons (Fsp3) is 0.211. The van der Waals surface area contributed by atoms with E-state index < -0.39 is 0 Å². The maximum atomic E-state index is 12.2. The normalized spacial score (nSPS) is 10.7. The molecule has 9 heteroatoms. The minimum atomic E-state index is -0.163. The molecule has 0 aliphatic rings. The summed E-state index contributed by atoms with van der Waals surface area (Å²) in [6.45, 7) is 2.51. The number of hydrogen-bond donors (Lipinski definition) is 2. The van der Waals surface area contributed by atoms with Crippen molar-refractivity contribution in [2.24, 2.45) is 7.05 Å². The molecule has 3 rings (SSSR count). The second-order valence-corrected chi connectivity index (χ2v) is 7.20. The maximum absolute atomic E-state index is 12.2.